The maximum absolute atomic E-state index is 13.4. The van der Waals surface area contributed by atoms with Crippen LogP contribution >= 0.6 is 15.9 Å². The summed E-state index contributed by atoms with van der Waals surface area (Å²) in [5, 5.41) is 0.473. The summed E-state index contributed by atoms with van der Waals surface area (Å²) in [5.74, 6) is 0.562. The molecule has 0 unspecified atom stereocenters. The van der Waals surface area contributed by atoms with Gasteiger partial charge in [0.1, 0.15) is 11.3 Å². The Bertz CT molecular complexity index is 1360. The van der Waals surface area contributed by atoms with E-state index >= 15 is 0 Å². The van der Waals surface area contributed by atoms with E-state index in [9.17, 15) is 9.59 Å². The van der Waals surface area contributed by atoms with Crippen LogP contribution in [0.3, 0.4) is 0 Å². The van der Waals surface area contributed by atoms with Gasteiger partial charge in [0.25, 0.3) is 5.91 Å². The molecule has 0 bridgehead atoms. The molecule has 3 aromatic carbocycles. The Morgan fingerprint density at radius 3 is 2.52 bits per heavy atom. The van der Waals surface area contributed by atoms with Crippen molar-refractivity contribution in [2.75, 3.05) is 7.11 Å². The first-order valence-electron chi connectivity index (χ1n) is 9.82. The van der Waals surface area contributed by atoms with Crippen LogP contribution in [-0.2, 0) is 6.54 Å². The second-order valence-electron chi connectivity index (χ2n) is 7.41. The lowest BCUT2D eigenvalue weighted by molar-refractivity contribution is 0.0714. The molecule has 1 amide bonds. The highest BCUT2D eigenvalue weighted by molar-refractivity contribution is 9.10. The summed E-state index contributed by atoms with van der Waals surface area (Å²) >= 11 is 3.51. The van der Waals surface area contributed by atoms with Crippen molar-refractivity contribution in [3.8, 4) is 5.75 Å². The molecule has 4 aromatic rings. The van der Waals surface area contributed by atoms with Crippen LogP contribution in [0.4, 0.5) is 0 Å². The number of carbonyl (C=O) groups is 1. The van der Waals surface area contributed by atoms with Gasteiger partial charge < -0.3 is 14.1 Å². The minimum atomic E-state index is -0.539. The van der Waals surface area contributed by atoms with Gasteiger partial charge in [0, 0.05) is 11.0 Å². The van der Waals surface area contributed by atoms with Crippen molar-refractivity contribution in [1.29, 1.82) is 0 Å². The number of hydrogen-bond donors (Lipinski definition) is 0. The maximum Gasteiger partial charge on any atom is 0.291 e. The zero-order valence-electron chi connectivity index (χ0n) is 16.7. The number of rotatable bonds is 4. The van der Waals surface area contributed by atoms with E-state index in [1.807, 2.05) is 48.5 Å². The third-order valence-corrected chi connectivity index (χ3v) is 6.04. The van der Waals surface area contributed by atoms with Gasteiger partial charge in [0.2, 0.25) is 5.76 Å². The molecule has 154 valence electrons. The first kappa shape index (κ1) is 19.6. The Morgan fingerprint density at radius 1 is 1.00 bits per heavy atom. The minimum Gasteiger partial charge on any atom is -0.497 e. The molecule has 6 heteroatoms. The molecule has 1 aliphatic heterocycles. The Kier molecular flexibility index (Phi) is 4.87. The van der Waals surface area contributed by atoms with E-state index in [0.29, 0.717) is 23.1 Å². The molecule has 0 saturated heterocycles. The van der Waals surface area contributed by atoms with Crippen LogP contribution in [0.2, 0.25) is 0 Å². The molecule has 1 aliphatic rings. The van der Waals surface area contributed by atoms with Crippen molar-refractivity contribution in [3.05, 3.63) is 110 Å². The lowest BCUT2D eigenvalue weighted by Crippen LogP contribution is -2.29. The average molecular weight is 476 g/mol. The molecule has 2 heterocycles. The fourth-order valence-electron chi connectivity index (χ4n) is 4.08. The average Bonchev–Trinajstić information content (AvgIpc) is 3.06. The molecule has 5 rings (SSSR count). The molecule has 0 fully saturated rings. The molecular formula is C25H18BrNO4. The standard InChI is InChI=1S/C25H18BrNO4/c1-30-18-11-9-15(10-12-18)14-27-22(16-5-4-6-17(26)13-16)21-23(28)19-7-2-3-8-20(19)31-24(21)25(27)29/h2-13,22H,14H2,1H3/t22-/m0/s1. The van der Waals surface area contributed by atoms with Gasteiger partial charge in [-0.15, -0.1) is 0 Å². The number of halogens is 1. The Labute approximate surface area is 187 Å². The topological polar surface area (TPSA) is 59.8 Å². The fraction of sp³-hybridized carbons (Fsp3) is 0.120. The highest BCUT2D eigenvalue weighted by Crippen LogP contribution is 2.39. The monoisotopic (exact) mass is 475 g/mol. The van der Waals surface area contributed by atoms with Gasteiger partial charge in [-0.1, -0.05) is 52.3 Å². The van der Waals surface area contributed by atoms with Crippen LogP contribution in [-0.4, -0.2) is 17.9 Å². The quantitative estimate of drug-likeness (QED) is 0.401. The van der Waals surface area contributed by atoms with Gasteiger partial charge in [0.15, 0.2) is 5.43 Å². The van der Waals surface area contributed by atoms with E-state index < -0.39 is 6.04 Å². The molecule has 0 saturated carbocycles. The molecule has 31 heavy (non-hydrogen) atoms. The van der Waals surface area contributed by atoms with Crippen LogP contribution in [0.25, 0.3) is 11.0 Å². The van der Waals surface area contributed by atoms with Crippen LogP contribution < -0.4 is 10.2 Å². The number of para-hydroxylation sites is 1. The number of nitrogens with zero attached hydrogens (tertiary/aromatic N) is 1. The molecule has 0 aliphatic carbocycles. The zero-order chi connectivity index (χ0) is 21.5. The highest BCUT2D eigenvalue weighted by Gasteiger charge is 2.42. The summed E-state index contributed by atoms with van der Waals surface area (Å²) < 4.78 is 12.1. The Morgan fingerprint density at radius 2 is 1.77 bits per heavy atom. The number of amides is 1. The molecule has 1 atom stereocenters. The smallest absolute Gasteiger partial charge is 0.291 e. The lowest BCUT2D eigenvalue weighted by atomic mass is 9.98. The largest absolute Gasteiger partial charge is 0.497 e. The van der Waals surface area contributed by atoms with Gasteiger partial charge >= 0.3 is 0 Å². The number of fused-ring (bicyclic) bond motifs is 2. The molecular weight excluding hydrogens is 458 g/mol. The van der Waals surface area contributed by atoms with Crippen molar-refractivity contribution in [2.45, 2.75) is 12.6 Å². The highest BCUT2D eigenvalue weighted by atomic mass is 79.9. The Balaban J connectivity index is 1.69. The van der Waals surface area contributed by atoms with Crippen LogP contribution in [0.1, 0.15) is 33.3 Å². The summed E-state index contributed by atoms with van der Waals surface area (Å²) in [6.07, 6.45) is 0. The van der Waals surface area contributed by atoms with Crippen molar-refractivity contribution in [2.24, 2.45) is 0 Å². The summed E-state index contributed by atoms with van der Waals surface area (Å²) in [5.41, 5.74) is 2.40. The van der Waals surface area contributed by atoms with E-state index in [0.717, 1.165) is 21.3 Å². The van der Waals surface area contributed by atoms with Crippen LogP contribution in [0.5, 0.6) is 5.75 Å². The molecule has 5 nitrogen and oxygen atoms in total. The second kappa shape index (κ2) is 7.71. The molecule has 0 radical (unpaired) electrons. The fourth-order valence-corrected chi connectivity index (χ4v) is 4.50. The van der Waals surface area contributed by atoms with Gasteiger partial charge in [0.05, 0.1) is 24.1 Å². The van der Waals surface area contributed by atoms with Crippen molar-refractivity contribution >= 4 is 32.8 Å². The molecule has 0 N–H and O–H groups in total. The minimum absolute atomic E-state index is 0.113. The first-order chi connectivity index (χ1) is 15.1. The van der Waals surface area contributed by atoms with E-state index in [-0.39, 0.29) is 17.1 Å². The maximum atomic E-state index is 13.4. The predicted octanol–water partition coefficient (Wildman–Crippen LogP) is 5.31. The van der Waals surface area contributed by atoms with E-state index in [1.165, 1.54) is 0 Å². The number of carbonyl (C=O) groups excluding carboxylic acids is 1. The number of benzene rings is 3. The number of methoxy groups -OCH3 is 1. The van der Waals surface area contributed by atoms with Crippen molar-refractivity contribution < 1.29 is 13.9 Å². The first-order valence-corrected chi connectivity index (χ1v) is 10.6. The van der Waals surface area contributed by atoms with Gasteiger partial charge in [-0.3, -0.25) is 9.59 Å². The van der Waals surface area contributed by atoms with Crippen molar-refractivity contribution in [3.63, 3.8) is 0 Å². The molecule has 1 aromatic heterocycles. The Hall–Kier alpha value is -3.38. The summed E-state index contributed by atoms with van der Waals surface area (Å²) in [6.45, 7) is 0.333. The van der Waals surface area contributed by atoms with Crippen LogP contribution in [0, 0.1) is 0 Å². The summed E-state index contributed by atoms with van der Waals surface area (Å²) in [4.78, 5) is 28.6. The molecule has 0 spiro atoms. The van der Waals surface area contributed by atoms with E-state index in [1.54, 1.807) is 36.3 Å². The number of hydrogen-bond acceptors (Lipinski definition) is 4. The summed E-state index contributed by atoms with van der Waals surface area (Å²) in [7, 11) is 1.61. The predicted molar refractivity (Wildman–Crippen MR) is 121 cm³/mol. The van der Waals surface area contributed by atoms with Crippen molar-refractivity contribution in [1.82, 2.24) is 4.90 Å². The SMILES string of the molecule is COc1ccc(CN2C(=O)c3oc4ccccc4c(=O)c3[C@@H]2c2cccc(Br)c2)cc1. The third-order valence-electron chi connectivity index (χ3n) is 5.55. The lowest BCUT2D eigenvalue weighted by Gasteiger charge is -2.25. The van der Waals surface area contributed by atoms with Gasteiger partial charge in [-0.25, -0.2) is 0 Å². The van der Waals surface area contributed by atoms with Gasteiger partial charge in [-0.05, 0) is 47.5 Å². The third kappa shape index (κ3) is 3.33. The van der Waals surface area contributed by atoms with E-state index in [2.05, 4.69) is 15.9 Å². The number of ether oxygens (including phenoxy) is 1. The summed E-state index contributed by atoms with van der Waals surface area (Å²) in [6, 6.07) is 21.7. The second-order valence-corrected chi connectivity index (χ2v) is 8.32. The van der Waals surface area contributed by atoms with Gasteiger partial charge in [-0.2, -0.15) is 0 Å². The van der Waals surface area contributed by atoms with Crippen LogP contribution in [0.15, 0.2) is 86.5 Å². The zero-order valence-corrected chi connectivity index (χ0v) is 18.3. The normalized spacial score (nSPS) is 15.4. The van der Waals surface area contributed by atoms with E-state index in [4.69, 9.17) is 9.15 Å².